The molecule has 0 atom stereocenters. The van der Waals surface area contributed by atoms with Crippen molar-refractivity contribution in [2.45, 2.75) is 11.4 Å². The van der Waals surface area contributed by atoms with Crippen molar-refractivity contribution in [3.05, 3.63) is 57.8 Å². The first-order valence-corrected chi connectivity index (χ1v) is 8.03. The lowest BCUT2D eigenvalue weighted by Crippen LogP contribution is -2.25. The quantitative estimate of drug-likeness (QED) is 0.833. The van der Waals surface area contributed by atoms with E-state index in [-0.39, 0.29) is 32.7 Å². The summed E-state index contributed by atoms with van der Waals surface area (Å²) in [5.41, 5.74) is 5.78. The normalized spacial score (nSPS) is 11.6. The number of hydrogen-bond donors (Lipinski definition) is 2. The second-order valence-corrected chi connectivity index (χ2v) is 6.77. The van der Waals surface area contributed by atoms with Crippen LogP contribution in [0.25, 0.3) is 0 Å². The van der Waals surface area contributed by atoms with Gasteiger partial charge in [-0.05, 0) is 18.2 Å². The van der Waals surface area contributed by atoms with E-state index in [1.165, 1.54) is 30.3 Å². The minimum Gasteiger partial charge on any atom is -0.398 e. The summed E-state index contributed by atoms with van der Waals surface area (Å²) < 4.78 is 40.2. The third-order valence-electron chi connectivity index (χ3n) is 2.72. The van der Waals surface area contributed by atoms with Gasteiger partial charge in [0, 0.05) is 17.1 Å². The first-order chi connectivity index (χ1) is 9.81. The molecule has 0 spiro atoms. The highest BCUT2D eigenvalue weighted by molar-refractivity contribution is 7.89. The van der Waals surface area contributed by atoms with Crippen molar-refractivity contribution in [1.29, 1.82) is 0 Å². The van der Waals surface area contributed by atoms with Crippen LogP contribution in [0.4, 0.5) is 10.1 Å². The minimum atomic E-state index is -3.99. The molecule has 3 N–H and O–H groups in total. The molecule has 4 nitrogen and oxygen atoms in total. The van der Waals surface area contributed by atoms with Crippen LogP contribution >= 0.6 is 23.2 Å². The molecular weight excluding hydrogens is 338 g/mol. The van der Waals surface area contributed by atoms with E-state index in [1.807, 2.05) is 0 Å². The average Bonchev–Trinajstić information content (AvgIpc) is 2.36. The van der Waals surface area contributed by atoms with Gasteiger partial charge >= 0.3 is 0 Å². The molecule has 0 aliphatic rings. The molecule has 2 aromatic carbocycles. The van der Waals surface area contributed by atoms with Crippen LogP contribution in [0.5, 0.6) is 0 Å². The first kappa shape index (κ1) is 16.0. The van der Waals surface area contributed by atoms with Crippen molar-refractivity contribution in [1.82, 2.24) is 4.72 Å². The molecule has 0 heterocycles. The van der Waals surface area contributed by atoms with Crippen LogP contribution < -0.4 is 10.5 Å². The van der Waals surface area contributed by atoms with E-state index in [4.69, 9.17) is 28.9 Å². The number of rotatable bonds is 4. The van der Waals surface area contributed by atoms with Crippen LogP contribution in [0.15, 0.2) is 41.3 Å². The number of nitrogen functional groups attached to an aromatic ring is 1. The lowest BCUT2D eigenvalue weighted by atomic mass is 10.2. The summed E-state index contributed by atoms with van der Waals surface area (Å²) in [7, 11) is -3.99. The van der Waals surface area contributed by atoms with Crippen molar-refractivity contribution in [3.63, 3.8) is 0 Å². The summed E-state index contributed by atoms with van der Waals surface area (Å²) in [5, 5.41) is 0.131. The Morgan fingerprint density at radius 1 is 1.19 bits per heavy atom. The molecule has 0 radical (unpaired) electrons. The molecule has 8 heteroatoms. The fourth-order valence-electron chi connectivity index (χ4n) is 1.75. The molecule has 0 amide bonds. The highest BCUT2D eigenvalue weighted by Crippen LogP contribution is 2.31. The van der Waals surface area contributed by atoms with Crippen molar-refractivity contribution >= 4 is 38.9 Å². The highest BCUT2D eigenvalue weighted by atomic mass is 35.5. The smallest absolute Gasteiger partial charge is 0.244 e. The predicted octanol–water partition coefficient (Wildman–Crippen LogP) is 3.19. The number of sulfonamides is 1. The largest absolute Gasteiger partial charge is 0.398 e. The number of hydrogen-bond acceptors (Lipinski definition) is 3. The van der Waals surface area contributed by atoms with E-state index in [0.29, 0.717) is 0 Å². The van der Waals surface area contributed by atoms with Gasteiger partial charge < -0.3 is 5.73 Å². The summed E-state index contributed by atoms with van der Waals surface area (Å²) in [6.07, 6.45) is 0. The van der Waals surface area contributed by atoms with E-state index in [2.05, 4.69) is 4.72 Å². The monoisotopic (exact) mass is 348 g/mol. The third kappa shape index (κ3) is 3.65. The van der Waals surface area contributed by atoms with Crippen molar-refractivity contribution in [2.75, 3.05) is 5.73 Å². The number of anilines is 1. The molecule has 112 valence electrons. The van der Waals surface area contributed by atoms with Gasteiger partial charge in [-0.3, -0.25) is 0 Å². The molecule has 21 heavy (non-hydrogen) atoms. The Labute approximate surface area is 131 Å². The fourth-order valence-corrected chi connectivity index (χ4v) is 3.74. The second-order valence-electron chi connectivity index (χ2n) is 4.22. The van der Waals surface area contributed by atoms with E-state index in [1.54, 1.807) is 6.07 Å². The number of nitrogens with one attached hydrogen (secondary N) is 1. The molecular formula is C13H11Cl2FN2O2S. The molecule has 0 bridgehead atoms. The summed E-state index contributed by atoms with van der Waals surface area (Å²) >= 11 is 11.6. The van der Waals surface area contributed by atoms with Gasteiger partial charge in [-0.1, -0.05) is 41.4 Å². The Hall–Kier alpha value is -1.34. The maximum Gasteiger partial charge on any atom is 0.244 e. The van der Waals surface area contributed by atoms with Gasteiger partial charge in [0.2, 0.25) is 10.0 Å². The van der Waals surface area contributed by atoms with Gasteiger partial charge in [-0.2, -0.15) is 0 Å². The number of halogens is 3. The van der Waals surface area contributed by atoms with Gasteiger partial charge in [0.05, 0.1) is 10.7 Å². The zero-order chi connectivity index (χ0) is 15.6. The van der Waals surface area contributed by atoms with Crippen LogP contribution in [-0.4, -0.2) is 8.42 Å². The molecule has 2 aromatic rings. The van der Waals surface area contributed by atoms with Gasteiger partial charge in [-0.25, -0.2) is 17.5 Å². The van der Waals surface area contributed by atoms with Gasteiger partial charge in [0.1, 0.15) is 10.7 Å². The zero-order valence-corrected chi connectivity index (χ0v) is 12.9. The Balaban J connectivity index is 2.30. The molecule has 0 saturated carbocycles. The molecule has 0 unspecified atom stereocenters. The first-order valence-electron chi connectivity index (χ1n) is 5.79. The Morgan fingerprint density at radius 3 is 2.48 bits per heavy atom. The van der Waals surface area contributed by atoms with Crippen LogP contribution in [0.1, 0.15) is 5.56 Å². The number of nitrogens with two attached hydrogens (primary N) is 1. The zero-order valence-electron chi connectivity index (χ0n) is 10.6. The van der Waals surface area contributed by atoms with Gasteiger partial charge in [0.15, 0.2) is 0 Å². The van der Waals surface area contributed by atoms with Crippen LogP contribution in [0.3, 0.4) is 0 Å². The van der Waals surface area contributed by atoms with Gasteiger partial charge in [-0.15, -0.1) is 0 Å². The number of benzene rings is 2. The van der Waals surface area contributed by atoms with Crippen molar-refractivity contribution < 1.29 is 12.8 Å². The van der Waals surface area contributed by atoms with E-state index in [0.717, 1.165) is 0 Å². The maximum absolute atomic E-state index is 13.5. The molecule has 2 rings (SSSR count). The Kier molecular flexibility index (Phi) is 4.73. The molecule has 0 aromatic heterocycles. The Bertz CT molecular complexity index is 758. The average molecular weight is 349 g/mol. The second kappa shape index (κ2) is 6.19. The standard InChI is InChI=1S/C13H11Cl2FN2O2S/c14-9-5-10(15)13(12(17)6-9)21(19,20)18-7-8-3-1-2-4-11(8)16/h1-6,18H,7,17H2. The summed E-state index contributed by atoms with van der Waals surface area (Å²) in [6.45, 7) is -0.215. The minimum absolute atomic E-state index is 0.0754. The van der Waals surface area contributed by atoms with Crippen LogP contribution in [-0.2, 0) is 16.6 Å². The summed E-state index contributed by atoms with van der Waals surface area (Å²) in [5.74, 6) is -0.504. The van der Waals surface area contributed by atoms with E-state index in [9.17, 15) is 12.8 Å². The molecule has 0 aliphatic carbocycles. The van der Waals surface area contributed by atoms with Crippen molar-refractivity contribution in [2.24, 2.45) is 0 Å². The summed E-state index contributed by atoms with van der Waals surface area (Å²) in [6, 6.07) is 8.40. The van der Waals surface area contributed by atoms with E-state index >= 15 is 0 Å². The molecule has 0 fully saturated rings. The lowest BCUT2D eigenvalue weighted by molar-refractivity contribution is 0.575. The lowest BCUT2D eigenvalue weighted by Gasteiger charge is -2.11. The van der Waals surface area contributed by atoms with Crippen LogP contribution in [0, 0.1) is 5.82 Å². The molecule has 0 aliphatic heterocycles. The highest BCUT2D eigenvalue weighted by Gasteiger charge is 2.22. The third-order valence-corrected chi connectivity index (χ3v) is 4.86. The molecule has 0 saturated heterocycles. The summed E-state index contributed by atoms with van der Waals surface area (Å²) in [4.78, 5) is -0.273. The topological polar surface area (TPSA) is 72.2 Å². The van der Waals surface area contributed by atoms with Gasteiger partial charge in [0.25, 0.3) is 0 Å². The Morgan fingerprint density at radius 2 is 1.86 bits per heavy atom. The van der Waals surface area contributed by atoms with Crippen LogP contribution in [0.2, 0.25) is 10.0 Å². The SMILES string of the molecule is Nc1cc(Cl)cc(Cl)c1S(=O)(=O)NCc1ccccc1F. The van der Waals surface area contributed by atoms with E-state index < -0.39 is 15.8 Å². The fraction of sp³-hybridized carbons (Fsp3) is 0.0769. The van der Waals surface area contributed by atoms with Crippen molar-refractivity contribution in [3.8, 4) is 0 Å². The predicted molar refractivity (Wildman–Crippen MR) is 81.3 cm³/mol. The maximum atomic E-state index is 13.5.